The second-order valence-electron chi connectivity index (χ2n) is 8.23. The molecule has 0 aliphatic carbocycles. The number of benzene rings is 1. The molecule has 0 saturated heterocycles. The van der Waals surface area contributed by atoms with Gasteiger partial charge >= 0.3 is 12.1 Å². The van der Waals surface area contributed by atoms with E-state index < -0.39 is 18.1 Å². The molecule has 174 valence electrons. The van der Waals surface area contributed by atoms with E-state index >= 15 is 0 Å². The maximum atomic E-state index is 12.6. The van der Waals surface area contributed by atoms with Crippen molar-refractivity contribution in [3.63, 3.8) is 0 Å². The first-order valence-electron chi connectivity index (χ1n) is 10.7. The van der Waals surface area contributed by atoms with Crippen molar-refractivity contribution in [1.29, 1.82) is 0 Å². The largest absolute Gasteiger partial charge is 0.476 e. The third-order valence-corrected chi connectivity index (χ3v) is 5.64. The van der Waals surface area contributed by atoms with Crippen molar-refractivity contribution in [3.8, 4) is 0 Å². The van der Waals surface area contributed by atoms with Crippen LogP contribution in [-0.4, -0.2) is 40.6 Å². The third-order valence-electron chi connectivity index (χ3n) is 4.76. The van der Waals surface area contributed by atoms with Crippen molar-refractivity contribution >= 4 is 29.3 Å². The number of rotatable bonds is 12. The highest BCUT2D eigenvalue weighted by atomic mass is 32.1. The Morgan fingerprint density at radius 2 is 1.88 bits per heavy atom. The fourth-order valence-corrected chi connectivity index (χ4v) is 3.80. The van der Waals surface area contributed by atoms with E-state index in [1.807, 2.05) is 51.1 Å². The molecule has 1 heterocycles. The summed E-state index contributed by atoms with van der Waals surface area (Å²) < 4.78 is 5.24. The topological polar surface area (TPSA) is 118 Å². The van der Waals surface area contributed by atoms with Gasteiger partial charge in [0, 0.05) is 11.9 Å². The van der Waals surface area contributed by atoms with Gasteiger partial charge in [-0.3, -0.25) is 4.79 Å². The molecule has 3 N–H and O–H groups in total. The number of carboxylic acids is 1. The minimum atomic E-state index is -1.02. The van der Waals surface area contributed by atoms with E-state index in [-0.39, 0.29) is 29.4 Å². The first-order chi connectivity index (χ1) is 15.2. The molecule has 8 nitrogen and oxygen atoms in total. The SMILES string of the molecule is CC(C)C[C@H](NC(=O)OCc1ccccc1)C(=O)NCCC(C)Cc1csc(C(=O)O)n1. The van der Waals surface area contributed by atoms with Gasteiger partial charge in [-0.25, -0.2) is 14.6 Å². The van der Waals surface area contributed by atoms with Crippen LogP contribution in [-0.2, 0) is 22.6 Å². The van der Waals surface area contributed by atoms with Gasteiger partial charge < -0.3 is 20.5 Å². The third kappa shape index (κ3) is 9.05. The Kier molecular flexibility index (Phi) is 10.1. The summed E-state index contributed by atoms with van der Waals surface area (Å²) in [6, 6.07) is 8.67. The van der Waals surface area contributed by atoms with Crippen LogP contribution in [0.2, 0.25) is 0 Å². The van der Waals surface area contributed by atoms with Gasteiger partial charge in [-0.15, -0.1) is 11.3 Å². The van der Waals surface area contributed by atoms with E-state index in [1.54, 1.807) is 5.38 Å². The lowest BCUT2D eigenvalue weighted by molar-refractivity contribution is -0.123. The predicted molar refractivity (Wildman–Crippen MR) is 123 cm³/mol. The number of amides is 2. The standard InChI is InChI=1S/C23H31N3O5S/c1-15(2)11-19(26-23(30)31-13-17-7-5-4-6-8-17)20(27)24-10-9-16(3)12-18-14-32-21(25-18)22(28)29/h4-8,14-16,19H,9-13H2,1-3H3,(H,24,27)(H,26,30)(H,28,29)/t16?,19-/m0/s1. The van der Waals surface area contributed by atoms with Gasteiger partial charge in [0.2, 0.25) is 10.9 Å². The number of aromatic carboxylic acids is 1. The Balaban J connectivity index is 1.78. The molecule has 2 atom stereocenters. The Bertz CT molecular complexity index is 885. The van der Waals surface area contributed by atoms with E-state index in [4.69, 9.17) is 9.84 Å². The maximum Gasteiger partial charge on any atom is 0.408 e. The number of ether oxygens (including phenoxy) is 1. The van der Waals surface area contributed by atoms with Crippen LogP contribution in [0.25, 0.3) is 0 Å². The molecule has 0 aliphatic rings. The maximum absolute atomic E-state index is 12.6. The molecule has 1 unspecified atom stereocenters. The van der Waals surface area contributed by atoms with Crippen molar-refractivity contribution in [2.75, 3.05) is 6.54 Å². The van der Waals surface area contributed by atoms with Crippen LogP contribution < -0.4 is 10.6 Å². The molecule has 0 aliphatic heterocycles. The molecular weight excluding hydrogens is 430 g/mol. The van der Waals surface area contributed by atoms with Gasteiger partial charge in [0.15, 0.2) is 0 Å². The minimum Gasteiger partial charge on any atom is -0.476 e. The molecule has 0 fully saturated rings. The summed E-state index contributed by atoms with van der Waals surface area (Å²) in [6.07, 6.45) is 1.22. The minimum absolute atomic E-state index is 0.0854. The molecule has 0 bridgehead atoms. The lowest BCUT2D eigenvalue weighted by atomic mass is 10.0. The van der Waals surface area contributed by atoms with Crippen LogP contribution in [0.4, 0.5) is 4.79 Å². The molecule has 2 aromatic rings. The first kappa shape index (κ1) is 25.3. The zero-order valence-electron chi connectivity index (χ0n) is 18.7. The van der Waals surface area contributed by atoms with Gasteiger partial charge in [0.1, 0.15) is 12.6 Å². The van der Waals surface area contributed by atoms with Gasteiger partial charge in [0.25, 0.3) is 0 Å². The highest BCUT2D eigenvalue weighted by Crippen LogP contribution is 2.15. The Hall–Kier alpha value is -2.94. The second-order valence-corrected chi connectivity index (χ2v) is 9.08. The van der Waals surface area contributed by atoms with Crippen LogP contribution in [0.15, 0.2) is 35.7 Å². The number of hydrogen-bond donors (Lipinski definition) is 3. The average molecular weight is 462 g/mol. The Morgan fingerprint density at radius 3 is 2.50 bits per heavy atom. The van der Waals surface area contributed by atoms with Crippen LogP contribution in [0.5, 0.6) is 0 Å². The van der Waals surface area contributed by atoms with E-state index in [0.29, 0.717) is 25.8 Å². The average Bonchev–Trinajstić information content (AvgIpc) is 3.21. The van der Waals surface area contributed by atoms with Crippen molar-refractivity contribution in [3.05, 3.63) is 52.0 Å². The Labute approximate surface area is 192 Å². The monoisotopic (exact) mass is 461 g/mol. The number of carbonyl (C=O) groups excluding carboxylic acids is 2. The molecule has 0 saturated carbocycles. The van der Waals surface area contributed by atoms with Crippen molar-refractivity contribution in [2.45, 2.75) is 52.7 Å². The molecular formula is C23H31N3O5S. The molecule has 9 heteroatoms. The number of hydrogen-bond acceptors (Lipinski definition) is 6. The number of nitrogens with one attached hydrogen (secondary N) is 2. The molecule has 1 aromatic carbocycles. The fraction of sp³-hybridized carbons (Fsp3) is 0.478. The highest BCUT2D eigenvalue weighted by molar-refractivity contribution is 7.11. The van der Waals surface area contributed by atoms with Gasteiger partial charge in [-0.05, 0) is 36.7 Å². The van der Waals surface area contributed by atoms with Crippen LogP contribution >= 0.6 is 11.3 Å². The summed E-state index contributed by atoms with van der Waals surface area (Å²) >= 11 is 1.11. The number of carbonyl (C=O) groups is 3. The molecule has 0 spiro atoms. The van der Waals surface area contributed by atoms with E-state index in [9.17, 15) is 14.4 Å². The molecule has 1 aromatic heterocycles. The quantitative estimate of drug-likeness (QED) is 0.442. The number of aromatic nitrogens is 1. The predicted octanol–water partition coefficient (Wildman–Crippen LogP) is 3.87. The summed E-state index contributed by atoms with van der Waals surface area (Å²) in [7, 11) is 0. The van der Waals surface area contributed by atoms with Gasteiger partial charge in [-0.2, -0.15) is 0 Å². The normalized spacial score (nSPS) is 12.8. The molecule has 0 radical (unpaired) electrons. The smallest absolute Gasteiger partial charge is 0.408 e. The molecule has 2 amide bonds. The summed E-state index contributed by atoms with van der Waals surface area (Å²) in [6.45, 7) is 6.58. The van der Waals surface area contributed by atoms with E-state index in [0.717, 1.165) is 22.6 Å². The Morgan fingerprint density at radius 1 is 1.16 bits per heavy atom. The number of nitrogens with zero attached hydrogens (tertiary/aromatic N) is 1. The summed E-state index contributed by atoms with van der Waals surface area (Å²) in [4.78, 5) is 39.9. The number of alkyl carbamates (subject to hydrolysis) is 1. The van der Waals surface area contributed by atoms with Crippen LogP contribution in [0, 0.1) is 11.8 Å². The zero-order chi connectivity index (χ0) is 23.5. The summed E-state index contributed by atoms with van der Waals surface area (Å²) in [5, 5.41) is 16.4. The second kappa shape index (κ2) is 12.8. The lowest BCUT2D eigenvalue weighted by Gasteiger charge is -2.20. The highest BCUT2D eigenvalue weighted by Gasteiger charge is 2.22. The first-order valence-corrected chi connectivity index (χ1v) is 11.5. The van der Waals surface area contributed by atoms with Crippen molar-refractivity contribution in [2.24, 2.45) is 11.8 Å². The number of carboxylic acid groups (broad SMARTS) is 1. The number of thiazole rings is 1. The van der Waals surface area contributed by atoms with Crippen LogP contribution in [0.1, 0.15) is 54.7 Å². The summed E-state index contributed by atoms with van der Waals surface area (Å²) in [5.74, 6) is -0.838. The van der Waals surface area contributed by atoms with Crippen molar-refractivity contribution in [1.82, 2.24) is 15.6 Å². The lowest BCUT2D eigenvalue weighted by Crippen LogP contribution is -2.47. The molecule has 2 rings (SSSR count). The van der Waals surface area contributed by atoms with Gasteiger partial charge in [0.05, 0.1) is 5.69 Å². The fourth-order valence-electron chi connectivity index (χ4n) is 3.13. The van der Waals surface area contributed by atoms with Gasteiger partial charge in [-0.1, -0.05) is 51.1 Å². The van der Waals surface area contributed by atoms with Crippen LogP contribution in [0.3, 0.4) is 0 Å². The van der Waals surface area contributed by atoms with E-state index in [1.165, 1.54) is 0 Å². The summed E-state index contributed by atoms with van der Waals surface area (Å²) in [5.41, 5.74) is 1.61. The van der Waals surface area contributed by atoms with E-state index in [2.05, 4.69) is 15.6 Å². The van der Waals surface area contributed by atoms with Crippen molar-refractivity contribution < 1.29 is 24.2 Å². The molecule has 32 heavy (non-hydrogen) atoms. The zero-order valence-corrected chi connectivity index (χ0v) is 19.5.